The average molecular weight is 443 g/mol. The van der Waals surface area contributed by atoms with Gasteiger partial charge in [0.15, 0.2) is 11.5 Å². The van der Waals surface area contributed by atoms with E-state index in [9.17, 15) is 4.39 Å². The minimum atomic E-state index is -0.369. The van der Waals surface area contributed by atoms with Crippen molar-refractivity contribution in [1.29, 1.82) is 0 Å². The van der Waals surface area contributed by atoms with E-state index in [1.165, 1.54) is 11.8 Å². The zero-order valence-corrected chi connectivity index (χ0v) is 18.2. The third-order valence-corrected chi connectivity index (χ3v) is 6.16. The number of aromatic amines is 1. The van der Waals surface area contributed by atoms with Crippen molar-refractivity contribution in [2.75, 3.05) is 43.4 Å². The van der Waals surface area contributed by atoms with E-state index in [1.807, 2.05) is 24.5 Å². The lowest BCUT2D eigenvalue weighted by atomic mass is 10.1. The van der Waals surface area contributed by atoms with E-state index in [-0.39, 0.29) is 5.82 Å². The second-order valence-electron chi connectivity index (χ2n) is 8.36. The highest BCUT2D eigenvalue weighted by atomic mass is 19.1. The first-order chi connectivity index (χ1) is 16.1. The Morgan fingerprint density at radius 1 is 1.09 bits per heavy atom. The van der Waals surface area contributed by atoms with Gasteiger partial charge in [0.2, 0.25) is 5.95 Å². The van der Waals surface area contributed by atoms with Crippen molar-refractivity contribution in [1.82, 2.24) is 29.2 Å². The lowest BCUT2D eigenvalue weighted by molar-refractivity contribution is 0.313. The van der Waals surface area contributed by atoms with E-state index in [0.29, 0.717) is 17.2 Å². The molecule has 5 aromatic rings. The highest BCUT2D eigenvalue weighted by Crippen LogP contribution is 2.30. The molecule has 0 aliphatic carbocycles. The molecule has 0 radical (unpaired) electrons. The van der Waals surface area contributed by atoms with Gasteiger partial charge in [0.05, 0.1) is 0 Å². The minimum Gasteiger partial charge on any atom is -0.369 e. The fourth-order valence-corrected chi connectivity index (χ4v) is 4.32. The molecule has 1 saturated heterocycles. The molecule has 5 heterocycles. The third kappa shape index (κ3) is 3.66. The number of imidazole rings is 1. The molecule has 0 bridgehead atoms. The fraction of sp³-hybridized carbons (Fsp3) is 0.208. The van der Waals surface area contributed by atoms with Crippen LogP contribution in [0, 0.1) is 5.82 Å². The van der Waals surface area contributed by atoms with Gasteiger partial charge < -0.3 is 24.5 Å². The second kappa shape index (κ2) is 7.86. The molecule has 2 N–H and O–H groups in total. The van der Waals surface area contributed by atoms with E-state index in [2.05, 4.69) is 54.2 Å². The third-order valence-electron chi connectivity index (χ3n) is 6.16. The maximum Gasteiger partial charge on any atom is 0.229 e. The number of piperazine rings is 1. The molecule has 1 fully saturated rings. The zero-order chi connectivity index (χ0) is 22.4. The summed E-state index contributed by atoms with van der Waals surface area (Å²) >= 11 is 0. The van der Waals surface area contributed by atoms with E-state index in [0.717, 1.165) is 48.4 Å². The van der Waals surface area contributed by atoms with Gasteiger partial charge in [-0.25, -0.2) is 14.4 Å². The summed E-state index contributed by atoms with van der Waals surface area (Å²) in [6.45, 7) is 4.15. The number of aromatic nitrogens is 5. The Morgan fingerprint density at radius 2 is 1.97 bits per heavy atom. The van der Waals surface area contributed by atoms with E-state index >= 15 is 0 Å². The van der Waals surface area contributed by atoms with Crippen molar-refractivity contribution in [2.45, 2.75) is 0 Å². The van der Waals surface area contributed by atoms with Gasteiger partial charge in [0.25, 0.3) is 0 Å². The summed E-state index contributed by atoms with van der Waals surface area (Å²) < 4.78 is 16.1. The van der Waals surface area contributed by atoms with Crippen molar-refractivity contribution >= 4 is 34.0 Å². The zero-order valence-electron chi connectivity index (χ0n) is 18.2. The maximum absolute atomic E-state index is 14.4. The molecular weight excluding hydrogens is 419 g/mol. The van der Waals surface area contributed by atoms with Crippen LogP contribution >= 0.6 is 0 Å². The van der Waals surface area contributed by atoms with Crippen LogP contribution in [0.1, 0.15) is 0 Å². The Bertz CT molecular complexity index is 1450. The van der Waals surface area contributed by atoms with Crippen LogP contribution in [0.2, 0.25) is 0 Å². The number of likely N-dealkylation sites (N-methyl/N-ethyl adjacent to an activating group) is 1. The number of rotatable bonds is 4. The number of hydrogen-bond donors (Lipinski definition) is 2. The number of anilines is 3. The Hall–Kier alpha value is -3.98. The SMILES string of the molecule is CN1CCN(c2cccc(Nc3ncc4c(-c5cc(F)c6nccn6c5)c[nH]c4n3)c2)CC1. The molecule has 0 atom stereocenters. The van der Waals surface area contributed by atoms with Crippen LogP contribution in [-0.4, -0.2) is 62.5 Å². The Morgan fingerprint density at radius 3 is 2.85 bits per heavy atom. The molecule has 9 heteroatoms. The number of hydrogen-bond acceptors (Lipinski definition) is 6. The lowest BCUT2D eigenvalue weighted by Gasteiger charge is -2.34. The molecule has 166 valence electrons. The van der Waals surface area contributed by atoms with E-state index in [1.54, 1.807) is 23.0 Å². The van der Waals surface area contributed by atoms with Gasteiger partial charge in [-0.1, -0.05) is 6.07 Å². The van der Waals surface area contributed by atoms with Crippen molar-refractivity contribution in [3.8, 4) is 11.1 Å². The lowest BCUT2D eigenvalue weighted by Crippen LogP contribution is -2.44. The second-order valence-corrected chi connectivity index (χ2v) is 8.36. The van der Waals surface area contributed by atoms with Gasteiger partial charge in [-0.05, 0) is 31.3 Å². The average Bonchev–Trinajstić information content (AvgIpc) is 3.47. The summed E-state index contributed by atoms with van der Waals surface area (Å²) in [6.07, 6.45) is 8.75. The standard InChI is InChI=1S/C24H23FN8/c1-31-7-9-32(10-8-31)18-4-2-3-17(12-18)29-24-28-14-20-19(13-27-22(20)30-24)16-11-21(25)23-26-5-6-33(23)15-16/h2-6,11-15H,7-10H2,1H3,(H2,27,28,29,30). The number of halogens is 1. The normalized spacial score (nSPS) is 14.9. The van der Waals surface area contributed by atoms with Crippen LogP contribution in [0.5, 0.6) is 0 Å². The topological polar surface area (TPSA) is 77.4 Å². The quantitative estimate of drug-likeness (QED) is 0.440. The Kier molecular flexibility index (Phi) is 4.69. The molecule has 0 amide bonds. The Balaban J connectivity index is 1.27. The van der Waals surface area contributed by atoms with Gasteiger partial charge in [0, 0.05) is 85.1 Å². The number of benzene rings is 1. The first-order valence-corrected chi connectivity index (χ1v) is 10.9. The molecule has 0 spiro atoms. The molecule has 4 aromatic heterocycles. The highest BCUT2D eigenvalue weighted by Gasteiger charge is 2.15. The molecule has 8 nitrogen and oxygen atoms in total. The monoisotopic (exact) mass is 442 g/mol. The summed E-state index contributed by atoms with van der Waals surface area (Å²) in [5.74, 6) is 0.133. The van der Waals surface area contributed by atoms with Gasteiger partial charge in [0.1, 0.15) is 5.65 Å². The summed E-state index contributed by atoms with van der Waals surface area (Å²) in [6, 6.07) is 9.80. The highest BCUT2D eigenvalue weighted by molar-refractivity contribution is 5.93. The summed E-state index contributed by atoms with van der Waals surface area (Å²) in [7, 11) is 2.15. The predicted octanol–water partition coefficient (Wildman–Crippen LogP) is 3.91. The van der Waals surface area contributed by atoms with Crippen molar-refractivity contribution < 1.29 is 4.39 Å². The molecular formula is C24H23FN8. The molecule has 1 aliphatic heterocycles. The number of nitrogens with zero attached hydrogens (tertiary/aromatic N) is 6. The van der Waals surface area contributed by atoms with Gasteiger partial charge >= 0.3 is 0 Å². The van der Waals surface area contributed by atoms with E-state index < -0.39 is 0 Å². The van der Waals surface area contributed by atoms with Crippen molar-refractivity contribution in [2.24, 2.45) is 0 Å². The van der Waals surface area contributed by atoms with Gasteiger partial charge in [-0.3, -0.25) is 0 Å². The van der Waals surface area contributed by atoms with Crippen LogP contribution in [0.15, 0.2) is 61.3 Å². The smallest absolute Gasteiger partial charge is 0.229 e. The maximum atomic E-state index is 14.4. The largest absolute Gasteiger partial charge is 0.369 e. The molecule has 0 saturated carbocycles. The first-order valence-electron chi connectivity index (χ1n) is 10.9. The number of pyridine rings is 1. The number of fused-ring (bicyclic) bond motifs is 2. The Labute approximate surface area is 189 Å². The molecule has 6 rings (SSSR count). The van der Waals surface area contributed by atoms with Crippen molar-refractivity contribution in [3.05, 3.63) is 67.1 Å². The number of nitrogens with one attached hydrogen (secondary N) is 2. The summed E-state index contributed by atoms with van der Waals surface area (Å²) in [4.78, 5) is 21.1. The summed E-state index contributed by atoms with van der Waals surface area (Å²) in [5.41, 5.74) is 4.68. The van der Waals surface area contributed by atoms with Crippen LogP contribution in [0.3, 0.4) is 0 Å². The summed E-state index contributed by atoms with van der Waals surface area (Å²) in [5, 5.41) is 4.14. The van der Waals surface area contributed by atoms with Gasteiger partial charge in [-0.15, -0.1) is 0 Å². The first kappa shape index (κ1) is 19.7. The molecule has 33 heavy (non-hydrogen) atoms. The van der Waals surface area contributed by atoms with Gasteiger partial charge in [-0.2, -0.15) is 4.98 Å². The van der Waals surface area contributed by atoms with Crippen LogP contribution < -0.4 is 10.2 Å². The van der Waals surface area contributed by atoms with Crippen LogP contribution in [0.4, 0.5) is 21.7 Å². The molecule has 1 aromatic carbocycles. The van der Waals surface area contributed by atoms with Crippen LogP contribution in [-0.2, 0) is 0 Å². The van der Waals surface area contributed by atoms with Crippen molar-refractivity contribution in [3.63, 3.8) is 0 Å². The minimum absolute atomic E-state index is 0.306. The number of H-pyrrole nitrogens is 1. The predicted molar refractivity (Wildman–Crippen MR) is 127 cm³/mol. The van der Waals surface area contributed by atoms with Crippen LogP contribution in [0.25, 0.3) is 27.8 Å². The molecule has 1 aliphatic rings. The fourth-order valence-electron chi connectivity index (χ4n) is 4.32. The molecule has 0 unspecified atom stereocenters. The van der Waals surface area contributed by atoms with E-state index in [4.69, 9.17) is 0 Å².